The molecule has 0 radical (unpaired) electrons. The molecular formula is C24H24BrN5O. The van der Waals surface area contributed by atoms with Crippen molar-refractivity contribution < 1.29 is 4.79 Å². The van der Waals surface area contributed by atoms with Crippen LogP contribution in [0.4, 0.5) is 5.69 Å². The predicted octanol–water partition coefficient (Wildman–Crippen LogP) is 4.48. The Kier molecular flexibility index (Phi) is 6.10. The molecule has 0 spiro atoms. The second kappa shape index (κ2) is 8.94. The van der Waals surface area contributed by atoms with E-state index in [4.69, 9.17) is 5.26 Å². The molecule has 0 atom stereocenters. The van der Waals surface area contributed by atoms with Crippen LogP contribution in [0, 0.1) is 25.2 Å². The van der Waals surface area contributed by atoms with Crippen LogP contribution in [0.25, 0.3) is 5.69 Å². The number of benzene rings is 2. The van der Waals surface area contributed by atoms with Crippen LogP contribution in [0.3, 0.4) is 0 Å². The number of carbonyl (C=O) groups excluding carboxylic acids is 1. The van der Waals surface area contributed by atoms with E-state index in [0.717, 1.165) is 46.7 Å². The maximum absolute atomic E-state index is 13.4. The Hall–Kier alpha value is -3.11. The molecule has 1 amide bonds. The third-order valence-electron chi connectivity index (χ3n) is 5.72. The Labute approximate surface area is 190 Å². The van der Waals surface area contributed by atoms with Gasteiger partial charge in [0.2, 0.25) is 0 Å². The Balaban J connectivity index is 1.52. The van der Waals surface area contributed by atoms with Crippen LogP contribution < -0.4 is 4.90 Å². The van der Waals surface area contributed by atoms with Crippen LogP contribution in [-0.4, -0.2) is 46.8 Å². The van der Waals surface area contributed by atoms with Crippen molar-refractivity contribution in [2.45, 2.75) is 20.3 Å². The molecule has 6 nitrogen and oxygen atoms in total. The molecule has 31 heavy (non-hydrogen) atoms. The standard InChI is InChI=1S/C24H24BrN5O/c1-17-23(18(2)30(27-17)22-10-6-20(25)7-11-22)24(31)29-13-3-12-28(14-15-29)21-8-4-19(16-26)5-9-21/h4-11H,3,12-15H2,1-2H3. The quantitative estimate of drug-likeness (QED) is 0.557. The van der Waals surface area contributed by atoms with Gasteiger partial charge in [-0.1, -0.05) is 15.9 Å². The number of anilines is 1. The van der Waals surface area contributed by atoms with E-state index in [-0.39, 0.29) is 5.91 Å². The molecule has 0 aliphatic carbocycles. The molecule has 158 valence electrons. The zero-order chi connectivity index (χ0) is 22.0. The van der Waals surface area contributed by atoms with Crippen molar-refractivity contribution in [3.8, 4) is 11.8 Å². The molecule has 7 heteroatoms. The summed E-state index contributed by atoms with van der Waals surface area (Å²) in [6.07, 6.45) is 0.894. The molecular weight excluding hydrogens is 454 g/mol. The molecule has 1 aromatic heterocycles. The van der Waals surface area contributed by atoms with E-state index in [9.17, 15) is 4.79 Å². The first-order chi connectivity index (χ1) is 15.0. The number of carbonyl (C=O) groups is 1. The van der Waals surface area contributed by atoms with Gasteiger partial charge in [0.25, 0.3) is 5.91 Å². The average Bonchev–Trinajstić information content (AvgIpc) is 2.95. The number of nitriles is 1. The lowest BCUT2D eigenvalue weighted by molar-refractivity contribution is 0.0765. The van der Waals surface area contributed by atoms with Crippen molar-refractivity contribution in [2.75, 3.05) is 31.1 Å². The van der Waals surface area contributed by atoms with Gasteiger partial charge in [-0.3, -0.25) is 4.79 Å². The van der Waals surface area contributed by atoms with Crippen molar-refractivity contribution in [1.29, 1.82) is 5.26 Å². The summed E-state index contributed by atoms with van der Waals surface area (Å²) in [5, 5.41) is 13.6. The summed E-state index contributed by atoms with van der Waals surface area (Å²) in [7, 11) is 0. The van der Waals surface area contributed by atoms with E-state index in [1.54, 1.807) is 0 Å². The summed E-state index contributed by atoms with van der Waals surface area (Å²) in [6.45, 7) is 6.87. The highest BCUT2D eigenvalue weighted by atomic mass is 79.9. The second-order valence-corrected chi connectivity index (χ2v) is 8.64. The lowest BCUT2D eigenvalue weighted by atomic mass is 10.1. The number of nitrogens with zero attached hydrogens (tertiary/aromatic N) is 5. The first kappa shape index (κ1) is 21.1. The van der Waals surface area contributed by atoms with E-state index in [1.165, 1.54) is 0 Å². The van der Waals surface area contributed by atoms with Gasteiger partial charge in [0.05, 0.1) is 34.3 Å². The van der Waals surface area contributed by atoms with Crippen LogP contribution in [0.15, 0.2) is 53.0 Å². The average molecular weight is 478 g/mol. The molecule has 0 unspecified atom stereocenters. The molecule has 4 rings (SSSR count). The van der Waals surface area contributed by atoms with E-state index < -0.39 is 0 Å². The van der Waals surface area contributed by atoms with Gasteiger partial charge in [0, 0.05) is 36.3 Å². The van der Waals surface area contributed by atoms with Crippen molar-refractivity contribution in [3.05, 3.63) is 75.5 Å². The molecule has 1 saturated heterocycles. The second-order valence-electron chi connectivity index (χ2n) is 7.73. The van der Waals surface area contributed by atoms with Gasteiger partial charge in [0.1, 0.15) is 0 Å². The number of aryl methyl sites for hydroxylation is 1. The van der Waals surface area contributed by atoms with Crippen LogP contribution in [0.5, 0.6) is 0 Å². The van der Waals surface area contributed by atoms with E-state index in [0.29, 0.717) is 24.2 Å². The number of aromatic nitrogens is 2. The number of rotatable bonds is 3. The Morgan fingerprint density at radius 2 is 1.65 bits per heavy atom. The Bertz CT molecular complexity index is 1130. The number of hydrogen-bond acceptors (Lipinski definition) is 4. The minimum Gasteiger partial charge on any atom is -0.370 e. The molecule has 1 aliphatic heterocycles. The van der Waals surface area contributed by atoms with Gasteiger partial charge in [-0.25, -0.2) is 4.68 Å². The van der Waals surface area contributed by atoms with Crippen molar-refractivity contribution >= 4 is 27.5 Å². The van der Waals surface area contributed by atoms with E-state index >= 15 is 0 Å². The summed E-state index contributed by atoms with van der Waals surface area (Å²) in [4.78, 5) is 17.6. The fourth-order valence-corrected chi connectivity index (χ4v) is 4.33. The number of halogens is 1. The van der Waals surface area contributed by atoms with E-state index in [2.05, 4.69) is 32.0 Å². The maximum atomic E-state index is 13.4. The SMILES string of the molecule is Cc1nn(-c2ccc(Br)cc2)c(C)c1C(=O)N1CCCN(c2ccc(C#N)cc2)CC1. The van der Waals surface area contributed by atoms with Crippen LogP contribution in [-0.2, 0) is 0 Å². The monoisotopic (exact) mass is 477 g/mol. The first-order valence-corrected chi connectivity index (χ1v) is 11.1. The molecule has 3 aromatic rings. The smallest absolute Gasteiger partial charge is 0.257 e. The highest BCUT2D eigenvalue weighted by molar-refractivity contribution is 9.10. The van der Waals surface area contributed by atoms with Crippen molar-refractivity contribution in [2.24, 2.45) is 0 Å². The Morgan fingerprint density at radius 3 is 2.32 bits per heavy atom. The normalized spacial score (nSPS) is 14.3. The summed E-state index contributed by atoms with van der Waals surface area (Å²) in [6, 6.07) is 17.7. The first-order valence-electron chi connectivity index (χ1n) is 10.3. The summed E-state index contributed by atoms with van der Waals surface area (Å²) in [5.74, 6) is 0.0417. The van der Waals surface area contributed by atoms with E-state index in [1.807, 2.05) is 72.0 Å². The molecule has 0 saturated carbocycles. The Morgan fingerprint density at radius 1 is 0.968 bits per heavy atom. The topological polar surface area (TPSA) is 65.2 Å². The van der Waals surface area contributed by atoms with Gasteiger partial charge >= 0.3 is 0 Å². The third-order valence-corrected chi connectivity index (χ3v) is 6.25. The van der Waals surface area contributed by atoms with Gasteiger partial charge in [-0.15, -0.1) is 0 Å². The maximum Gasteiger partial charge on any atom is 0.257 e. The lowest BCUT2D eigenvalue weighted by Crippen LogP contribution is -2.35. The minimum atomic E-state index is 0.0417. The third kappa shape index (κ3) is 4.35. The molecule has 0 N–H and O–H groups in total. The van der Waals surface area contributed by atoms with Crippen molar-refractivity contribution in [1.82, 2.24) is 14.7 Å². The lowest BCUT2D eigenvalue weighted by Gasteiger charge is -2.24. The van der Waals surface area contributed by atoms with Crippen LogP contribution >= 0.6 is 15.9 Å². The zero-order valence-corrected chi connectivity index (χ0v) is 19.3. The molecule has 0 bridgehead atoms. The van der Waals surface area contributed by atoms with Gasteiger partial charge in [0.15, 0.2) is 0 Å². The predicted molar refractivity (Wildman–Crippen MR) is 125 cm³/mol. The van der Waals surface area contributed by atoms with Gasteiger partial charge < -0.3 is 9.80 Å². The van der Waals surface area contributed by atoms with Crippen LogP contribution in [0.1, 0.15) is 33.7 Å². The minimum absolute atomic E-state index is 0.0417. The largest absolute Gasteiger partial charge is 0.370 e. The van der Waals surface area contributed by atoms with Crippen molar-refractivity contribution in [3.63, 3.8) is 0 Å². The highest BCUT2D eigenvalue weighted by Crippen LogP contribution is 2.23. The fourth-order valence-electron chi connectivity index (χ4n) is 4.07. The fraction of sp³-hybridized carbons (Fsp3) is 0.292. The number of hydrogen-bond donors (Lipinski definition) is 0. The number of amides is 1. The van der Waals surface area contributed by atoms with Gasteiger partial charge in [-0.05, 0) is 68.8 Å². The molecule has 2 heterocycles. The molecule has 1 fully saturated rings. The zero-order valence-electron chi connectivity index (χ0n) is 17.7. The van der Waals surface area contributed by atoms with Gasteiger partial charge in [-0.2, -0.15) is 10.4 Å². The summed E-state index contributed by atoms with van der Waals surface area (Å²) < 4.78 is 2.85. The molecule has 2 aromatic carbocycles. The van der Waals surface area contributed by atoms with Crippen LogP contribution in [0.2, 0.25) is 0 Å². The highest BCUT2D eigenvalue weighted by Gasteiger charge is 2.26. The summed E-state index contributed by atoms with van der Waals surface area (Å²) >= 11 is 3.46. The molecule has 1 aliphatic rings. The summed E-state index contributed by atoms with van der Waals surface area (Å²) in [5.41, 5.74) is 4.98.